The molecule has 3 aliphatic rings. The second kappa shape index (κ2) is 19.7. The minimum absolute atomic E-state index is 0.0545. The molecule has 1 saturated carbocycles. The Bertz CT molecular complexity index is 1820. The normalized spacial score (nSPS) is 24.3. The molecule has 3 aromatic rings. The number of aliphatic hydroxyl groups is 2. The maximum absolute atomic E-state index is 13.6. The number of alkyl halides is 1. The quantitative estimate of drug-likeness (QED) is 0.0535. The predicted molar refractivity (Wildman–Crippen MR) is 218 cm³/mol. The number of carbonyl (C=O) groups is 1. The molecule has 10 nitrogen and oxygen atoms in total. The molecule has 2 N–H and O–H groups in total. The number of unbranched alkanes of at least 4 members (excludes halogenated alkanes) is 2. The number of likely N-dealkylation sites (N-methyl/N-ethyl adjacent to an activating group) is 1. The second-order valence-electron chi connectivity index (χ2n) is 14.6. The van der Waals surface area contributed by atoms with Gasteiger partial charge in [0.15, 0.2) is 0 Å². The van der Waals surface area contributed by atoms with Crippen LogP contribution in [0.5, 0.6) is 17.2 Å². The zero-order chi connectivity index (χ0) is 39.5. The molecular formula is C45H55ClN2O8. The van der Waals surface area contributed by atoms with Crippen LogP contribution in [-0.4, -0.2) is 84.7 Å². The fraction of sp³-hybridized carbons (Fsp3) is 0.467. The molecule has 3 aromatic carbocycles. The molecule has 300 valence electrons. The fourth-order valence-electron chi connectivity index (χ4n) is 8.77. The number of halogens is 1. The van der Waals surface area contributed by atoms with E-state index in [9.17, 15) is 15.0 Å². The van der Waals surface area contributed by atoms with E-state index in [1.54, 1.807) is 18.0 Å². The van der Waals surface area contributed by atoms with Gasteiger partial charge in [-0.15, -0.1) is 18.2 Å². The van der Waals surface area contributed by atoms with Gasteiger partial charge in [-0.2, -0.15) is 0 Å². The molecule has 1 aliphatic heterocycles. The number of oxime groups is 1. The molecule has 0 aromatic heterocycles. The van der Waals surface area contributed by atoms with Gasteiger partial charge in [0, 0.05) is 38.2 Å². The topological polar surface area (TPSA) is 119 Å². The van der Waals surface area contributed by atoms with Gasteiger partial charge in [0.2, 0.25) is 5.79 Å². The average molecular weight is 787 g/mol. The van der Waals surface area contributed by atoms with E-state index in [0.717, 1.165) is 53.7 Å². The lowest BCUT2D eigenvalue weighted by Gasteiger charge is -2.59. The van der Waals surface area contributed by atoms with Gasteiger partial charge in [0.25, 0.3) is 0 Å². The summed E-state index contributed by atoms with van der Waals surface area (Å²) in [6, 6.07) is 23.5. The molecule has 1 heterocycles. The molecule has 1 fully saturated rings. The van der Waals surface area contributed by atoms with Gasteiger partial charge in [-0.1, -0.05) is 72.6 Å². The van der Waals surface area contributed by atoms with Gasteiger partial charge in [-0.3, -0.25) is 0 Å². The number of fused-ring (bicyclic) bond motifs is 2. The lowest BCUT2D eigenvalue weighted by molar-refractivity contribution is -0.253. The number of rotatable bonds is 19. The highest BCUT2D eigenvalue weighted by Crippen LogP contribution is 2.62. The number of nitrogens with zero attached hydrogens (tertiary/aromatic N) is 2. The Kier molecular flexibility index (Phi) is 14.5. The number of benzene rings is 3. The lowest BCUT2D eigenvalue weighted by atomic mass is 9.55. The van der Waals surface area contributed by atoms with E-state index in [2.05, 4.69) is 48.1 Å². The molecule has 0 unspecified atom stereocenters. The largest absolute Gasteiger partial charge is 0.459 e. The van der Waals surface area contributed by atoms with Gasteiger partial charge in [0.1, 0.15) is 36.5 Å². The summed E-state index contributed by atoms with van der Waals surface area (Å²) in [6.07, 6.45) is 8.46. The number of amides is 1. The maximum Gasteiger partial charge on any atom is 0.410 e. The molecule has 0 saturated heterocycles. The van der Waals surface area contributed by atoms with Crippen LogP contribution in [-0.2, 0) is 14.3 Å². The van der Waals surface area contributed by atoms with Crippen molar-refractivity contribution in [1.29, 1.82) is 0 Å². The first kappa shape index (κ1) is 41.3. The number of hydrogen-bond donors (Lipinski definition) is 2. The highest BCUT2D eigenvalue weighted by Gasteiger charge is 2.65. The van der Waals surface area contributed by atoms with Crippen LogP contribution in [0, 0.1) is 17.8 Å². The van der Waals surface area contributed by atoms with Crippen LogP contribution in [0.25, 0.3) is 11.1 Å². The molecule has 6 atom stereocenters. The summed E-state index contributed by atoms with van der Waals surface area (Å²) < 4.78 is 26.2. The van der Waals surface area contributed by atoms with Crippen molar-refractivity contribution in [3.05, 3.63) is 103 Å². The lowest BCUT2D eigenvalue weighted by Crippen LogP contribution is -2.69. The molecular weight excluding hydrogens is 732 g/mol. The summed E-state index contributed by atoms with van der Waals surface area (Å²) in [5, 5.41) is 24.3. The Morgan fingerprint density at radius 1 is 1.00 bits per heavy atom. The van der Waals surface area contributed by atoms with E-state index in [1.807, 2.05) is 49.4 Å². The van der Waals surface area contributed by atoms with Gasteiger partial charge >= 0.3 is 6.09 Å². The van der Waals surface area contributed by atoms with Crippen molar-refractivity contribution in [3.8, 4) is 28.4 Å². The van der Waals surface area contributed by atoms with E-state index < -0.39 is 23.8 Å². The van der Waals surface area contributed by atoms with Crippen LogP contribution in [0.4, 0.5) is 4.79 Å². The molecule has 0 spiro atoms. The first-order valence-corrected chi connectivity index (χ1v) is 20.4. The zero-order valence-electron chi connectivity index (χ0n) is 32.5. The van der Waals surface area contributed by atoms with Crippen LogP contribution in [0.3, 0.4) is 0 Å². The molecule has 0 bridgehead atoms. The van der Waals surface area contributed by atoms with Crippen molar-refractivity contribution in [2.75, 3.05) is 46.0 Å². The van der Waals surface area contributed by atoms with Gasteiger partial charge in [-0.25, -0.2) is 4.79 Å². The number of carbonyl (C=O) groups excluding carboxylic acids is 1. The Balaban J connectivity index is 1.50. The van der Waals surface area contributed by atoms with Crippen molar-refractivity contribution in [2.24, 2.45) is 22.9 Å². The standard InChI is InChI=1S/C45H55ClN2O8/c1-4-26-53-45-41(48(3)44(51)52-27-23-46)30-39(47-54-5-2)37-28-33(15-9-11-24-49)36(16-10-12-25-50)42(43(37)45)38-29-35(21-22-40(38)56-45)55-34-19-17-32(18-20-34)31-13-7-6-8-14-31/h4,6-8,13-14,17-22,28-29,33,36,41-43,49-50H,1,5,9-12,15-16,23-27,30H2,2-3H3/t33-,36+,41-,42+,43+,45+/m0/s1. The van der Waals surface area contributed by atoms with Crippen LogP contribution in [0.15, 0.2) is 102 Å². The Morgan fingerprint density at radius 2 is 1.71 bits per heavy atom. The summed E-state index contributed by atoms with van der Waals surface area (Å²) >= 11 is 5.93. The summed E-state index contributed by atoms with van der Waals surface area (Å²) in [5.41, 5.74) is 4.89. The van der Waals surface area contributed by atoms with E-state index in [0.29, 0.717) is 36.7 Å². The van der Waals surface area contributed by atoms with Crippen molar-refractivity contribution in [2.45, 2.75) is 69.6 Å². The number of aliphatic hydroxyl groups excluding tert-OH is 2. The number of allylic oxidation sites excluding steroid dienone is 1. The Hall–Kier alpha value is -4.35. The Morgan fingerprint density at radius 3 is 2.41 bits per heavy atom. The predicted octanol–water partition coefficient (Wildman–Crippen LogP) is 9.11. The smallest absolute Gasteiger partial charge is 0.410 e. The third kappa shape index (κ3) is 8.94. The number of hydrogen-bond acceptors (Lipinski definition) is 9. The Labute approximate surface area is 335 Å². The summed E-state index contributed by atoms with van der Waals surface area (Å²) in [7, 11) is 1.69. The first-order valence-electron chi connectivity index (χ1n) is 19.9. The SMILES string of the molecule is C=CCO[C@@]12Oc3ccc(Oc4ccc(-c5ccccc5)cc4)cc3[C@H]3[C@H](CCCCO)[C@@H](CCCCO)C=C(C(=NOCC)C[C@@H]1N(C)C(=O)OCCCl)[C@H]32. The maximum atomic E-state index is 13.6. The third-order valence-corrected chi connectivity index (χ3v) is 11.4. The van der Waals surface area contributed by atoms with Crippen molar-refractivity contribution >= 4 is 23.4 Å². The second-order valence-corrected chi connectivity index (χ2v) is 15.0. The summed E-state index contributed by atoms with van der Waals surface area (Å²) in [4.78, 5) is 20.9. The van der Waals surface area contributed by atoms with Gasteiger partial charge < -0.3 is 38.9 Å². The van der Waals surface area contributed by atoms with Gasteiger partial charge in [0.05, 0.1) is 24.1 Å². The number of ether oxygens (including phenoxy) is 4. The summed E-state index contributed by atoms with van der Waals surface area (Å²) in [5.74, 6) is 0.414. The monoisotopic (exact) mass is 786 g/mol. The van der Waals surface area contributed by atoms with E-state index >= 15 is 0 Å². The highest BCUT2D eigenvalue weighted by atomic mass is 35.5. The highest BCUT2D eigenvalue weighted by molar-refractivity contribution is 6.18. The third-order valence-electron chi connectivity index (χ3n) is 11.2. The minimum Gasteiger partial charge on any atom is -0.459 e. The molecule has 11 heteroatoms. The van der Waals surface area contributed by atoms with Crippen molar-refractivity contribution < 1.29 is 38.8 Å². The molecule has 1 amide bonds. The zero-order valence-corrected chi connectivity index (χ0v) is 33.2. The van der Waals surface area contributed by atoms with Gasteiger partial charge in [-0.05, 0) is 91.5 Å². The molecule has 6 rings (SSSR count). The van der Waals surface area contributed by atoms with Crippen molar-refractivity contribution in [1.82, 2.24) is 4.90 Å². The fourth-order valence-corrected chi connectivity index (χ4v) is 8.85. The molecule has 0 radical (unpaired) electrons. The molecule has 56 heavy (non-hydrogen) atoms. The molecule has 2 aliphatic carbocycles. The first-order chi connectivity index (χ1) is 27.4. The van der Waals surface area contributed by atoms with Crippen LogP contribution in [0.1, 0.15) is 63.4 Å². The van der Waals surface area contributed by atoms with E-state index in [4.69, 9.17) is 35.4 Å². The summed E-state index contributed by atoms with van der Waals surface area (Å²) in [6.45, 7) is 6.68. The van der Waals surface area contributed by atoms with Crippen LogP contribution in [0.2, 0.25) is 0 Å². The van der Waals surface area contributed by atoms with Crippen molar-refractivity contribution in [3.63, 3.8) is 0 Å². The average Bonchev–Trinajstić information content (AvgIpc) is 3.23. The van der Waals surface area contributed by atoms with Crippen LogP contribution >= 0.6 is 11.6 Å². The van der Waals surface area contributed by atoms with Crippen LogP contribution < -0.4 is 9.47 Å². The van der Waals surface area contributed by atoms with E-state index in [1.165, 1.54) is 0 Å². The van der Waals surface area contributed by atoms with E-state index in [-0.39, 0.29) is 56.5 Å². The minimum atomic E-state index is -1.36.